The number of unbranched alkanes of at least 4 members (excludes halogenated alkanes) is 1. The molecule has 21 heavy (non-hydrogen) atoms. The number of allylic oxidation sites excluding steroid dienone is 1. The van der Waals surface area contributed by atoms with Gasteiger partial charge in [-0.1, -0.05) is 30.3 Å². The number of methoxy groups -OCH3 is 2. The molecule has 0 aliphatic carbocycles. The molecule has 4 nitrogen and oxygen atoms in total. The maximum Gasteiger partial charge on any atom is 0.320 e. The summed E-state index contributed by atoms with van der Waals surface area (Å²) < 4.78 is 9.20. The van der Waals surface area contributed by atoms with Gasteiger partial charge in [-0.2, -0.15) is 0 Å². The highest BCUT2D eigenvalue weighted by molar-refractivity contribution is 5.94. The van der Waals surface area contributed by atoms with Crippen molar-refractivity contribution in [2.24, 2.45) is 5.92 Å². The van der Waals surface area contributed by atoms with Crippen LogP contribution in [0.15, 0.2) is 42.1 Å². The van der Waals surface area contributed by atoms with Crippen LogP contribution in [0, 0.1) is 5.92 Å². The molecular formula is C17H20O4. The topological polar surface area (TPSA) is 52.6 Å². The zero-order valence-electron chi connectivity index (χ0n) is 12.4. The average Bonchev–Trinajstić information content (AvgIpc) is 2.53. The van der Waals surface area contributed by atoms with Gasteiger partial charge in [-0.3, -0.25) is 9.59 Å². The van der Waals surface area contributed by atoms with Crippen LogP contribution in [0.4, 0.5) is 0 Å². The molecule has 0 N–H and O–H groups in total. The first-order valence-corrected chi connectivity index (χ1v) is 6.80. The van der Waals surface area contributed by atoms with Crippen molar-refractivity contribution >= 4 is 18.0 Å². The monoisotopic (exact) mass is 288 g/mol. The van der Waals surface area contributed by atoms with Crippen LogP contribution in [0.2, 0.25) is 0 Å². The van der Waals surface area contributed by atoms with E-state index in [1.54, 1.807) is 0 Å². The number of carbonyl (C=O) groups is 2. The molecule has 0 spiro atoms. The van der Waals surface area contributed by atoms with Crippen LogP contribution in [-0.4, -0.2) is 26.2 Å². The second kappa shape index (κ2) is 9.56. The van der Waals surface area contributed by atoms with Crippen LogP contribution in [0.5, 0.6) is 0 Å². The minimum atomic E-state index is -0.841. The summed E-state index contributed by atoms with van der Waals surface area (Å²) in [5.41, 5.74) is 4.16. The summed E-state index contributed by atoms with van der Waals surface area (Å²) in [4.78, 5) is 22.9. The van der Waals surface area contributed by atoms with Crippen LogP contribution >= 0.6 is 0 Å². The van der Waals surface area contributed by atoms with Crippen LogP contribution in [0.1, 0.15) is 24.8 Å². The summed E-state index contributed by atoms with van der Waals surface area (Å²) in [6, 6.07) is 9.87. The van der Waals surface area contributed by atoms with Crippen molar-refractivity contribution in [3.05, 3.63) is 47.7 Å². The summed E-state index contributed by atoms with van der Waals surface area (Å²) in [5.74, 6) is -1.94. The predicted octanol–water partition coefficient (Wildman–Crippen LogP) is 2.99. The maximum absolute atomic E-state index is 11.5. The van der Waals surface area contributed by atoms with Crippen molar-refractivity contribution in [2.75, 3.05) is 14.2 Å². The number of hydrogen-bond acceptors (Lipinski definition) is 4. The fourth-order valence-corrected chi connectivity index (χ4v) is 1.83. The third-order valence-corrected chi connectivity index (χ3v) is 2.98. The first-order chi connectivity index (χ1) is 10.2. The van der Waals surface area contributed by atoms with Crippen molar-refractivity contribution in [1.82, 2.24) is 0 Å². The lowest BCUT2D eigenvalue weighted by atomic mass is 10.0. The Morgan fingerprint density at radius 3 is 2.33 bits per heavy atom. The summed E-state index contributed by atoms with van der Waals surface area (Å²) in [5, 5.41) is 0. The molecule has 0 saturated heterocycles. The van der Waals surface area contributed by atoms with Gasteiger partial charge in [0.25, 0.3) is 0 Å². The van der Waals surface area contributed by atoms with E-state index in [9.17, 15) is 9.59 Å². The molecule has 0 radical (unpaired) electrons. The first-order valence-electron chi connectivity index (χ1n) is 6.80. The van der Waals surface area contributed by atoms with Gasteiger partial charge in [0.05, 0.1) is 14.2 Å². The number of esters is 2. The highest BCUT2D eigenvalue weighted by Crippen LogP contribution is 2.12. The predicted molar refractivity (Wildman–Crippen MR) is 80.4 cm³/mol. The normalized spacial score (nSPS) is 9.67. The molecular weight excluding hydrogens is 268 g/mol. The van der Waals surface area contributed by atoms with Gasteiger partial charge in [0.1, 0.15) is 0 Å². The molecule has 0 aliphatic rings. The lowest BCUT2D eigenvalue weighted by Gasteiger charge is -2.11. The lowest BCUT2D eigenvalue weighted by Crippen LogP contribution is -2.26. The van der Waals surface area contributed by atoms with E-state index >= 15 is 0 Å². The van der Waals surface area contributed by atoms with E-state index in [1.807, 2.05) is 42.5 Å². The Balaban J connectivity index is 2.42. The lowest BCUT2D eigenvalue weighted by molar-refractivity contribution is -0.159. The Morgan fingerprint density at radius 1 is 1.14 bits per heavy atom. The Kier molecular flexibility index (Phi) is 7.62. The second-order valence-corrected chi connectivity index (χ2v) is 4.46. The van der Waals surface area contributed by atoms with Gasteiger partial charge in [0.2, 0.25) is 0 Å². The van der Waals surface area contributed by atoms with Gasteiger partial charge in [0.15, 0.2) is 5.92 Å². The van der Waals surface area contributed by atoms with Gasteiger partial charge in [-0.25, -0.2) is 0 Å². The van der Waals surface area contributed by atoms with E-state index in [2.05, 4.69) is 15.2 Å². The molecule has 1 aromatic rings. The fraction of sp³-hybridized carbons (Fsp3) is 0.353. The van der Waals surface area contributed by atoms with Crippen LogP contribution in [0.3, 0.4) is 0 Å². The molecule has 0 aromatic heterocycles. The van der Waals surface area contributed by atoms with Crippen LogP contribution < -0.4 is 0 Å². The summed E-state index contributed by atoms with van der Waals surface area (Å²) in [6.45, 7) is 0. The van der Waals surface area contributed by atoms with E-state index in [-0.39, 0.29) is 0 Å². The fourth-order valence-electron chi connectivity index (χ4n) is 1.83. The van der Waals surface area contributed by atoms with E-state index in [1.165, 1.54) is 14.2 Å². The van der Waals surface area contributed by atoms with E-state index in [0.29, 0.717) is 12.8 Å². The largest absolute Gasteiger partial charge is 0.468 e. The Labute approximate surface area is 125 Å². The minimum absolute atomic E-state index is 0.406. The standard InChI is InChI=1S/C17H20O4/c1-20-16(18)15(17(19)21-2)13-9-4-3-6-10-14-11-7-5-8-12-14/h3,5,7-8,10-12,15H,4,9,13H2,1-2H3. The van der Waals surface area contributed by atoms with E-state index in [4.69, 9.17) is 0 Å². The van der Waals surface area contributed by atoms with Gasteiger partial charge in [-0.15, -0.1) is 5.73 Å². The maximum atomic E-state index is 11.5. The molecule has 0 unspecified atom stereocenters. The molecule has 0 amide bonds. The molecule has 0 saturated carbocycles. The quantitative estimate of drug-likeness (QED) is 0.335. The third kappa shape index (κ3) is 6.11. The zero-order chi connectivity index (χ0) is 15.5. The third-order valence-electron chi connectivity index (χ3n) is 2.98. The molecule has 1 aromatic carbocycles. The summed E-state index contributed by atoms with van der Waals surface area (Å²) in [6.07, 6.45) is 5.60. The van der Waals surface area contributed by atoms with Gasteiger partial charge in [-0.05, 0) is 37.0 Å². The average molecular weight is 288 g/mol. The van der Waals surface area contributed by atoms with Gasteiger partial charge in [0, 0.05) is 0 Å². The van der Waals surface area contributed by atoms with Crippen molar-refractivity contribution in [3.63, 3.8) is 0 Å². The Morgan fingerprint density at radius 2 is 1.76 bits per heavy atom. The molecule has 0 fully saturated rings. The van der Waals surface area contributed by atoms with Crippen LogP contribution in [-0.2, 0) is 19.1 Å². The molecule has 0 bridgehead atoms. The van der Waals surface area contributed by atoms with E-state index in [0.717, 1.165) is 12.0 Å². The first kappa shape index (κ1) is 16.7. The highest BCUT2D eigenvalue weighted by Gasteiger charge is 2.27. The molecule has 0 aliphatic heterocycles. The molecule has 0 heterocycles. The highest BCUT2D eigenvalue weighted by atomic mass is 16.5. The summed E-state index contributed by atoms with van der Waals surface area (Å²) in [7, 11) is 2.53. The van der Waals surface area contributed by atoms with E-state index < -0.39 is 17.9 Å². The van der Waals surface area contributed by atoms with Crippen molar-refractivity contribution in [2.45, 2.75) is 19.3 Å². The zero-order valence-corrected chi connectivity index (χ0v) is 12.4. The number of hydrogen-bond donors (Lipinski definition) is 0. The number of rotatable bonds is 7. The number of carbonyl (C=O) groups excluding carboxylic acids is 2. The minimum Gasteiger partial charge on any atom is -0.468 e. The molecule has 0 atom stereocenters. The SMILES string of the molecule is COC(=O)C(CCCC=C=Cc1ccccc1)C(=O)OC. The van der Waals surface area contributed by atoms with Gasteiger partial charge < -0.3 is 9.47 Å². The Hall–Kier alpha value is -2.32. The van der Waals surface area contributed by atoms with Crippen LogP contribution in [0.25, 0.3) is 6.08 Å². The molecule has 4 heteroatoms. The Bertz CT molecular complexity index is 497. The van der Waals surface area contributed by atoms with Crippen molar-refractivity contribution < 1.29 is 19.1 Å². The second-order valence-electron chi connectivity index (χ2n) is 4.46. The molecule has 112 valence electrons. The smallest absolute Gasteiger partial charge is 0.320 e. The van der Waals surface area contributed by atoms with Gasteiger partial charge >= 0.3 is 11.9 Å². The molecule has 1 rings (SSSR count). The number of ether oxygens (including phenoxy) is 2. The number of benzene rings is 1. The van der Waals surface area contributed by atoms with Crippen molar-refractivity contribution in [1.29, 1.82) is 0 Å². The van der Waals surface area contributed by atoms with Crippen molar-refractivity contribution in [3.8, 4) is 0 Å². The summed E-state index contributed by atoms with van der Waals surface area (Å²) >= 11 is 0.